The van der Waals surface area contributed by atoms with Crippen LogP contribution < -0.4 is 16.0 Å². The molecule has 5 nitrogen and oxygen atoms in total. The second-order valence-corrected chi connectivity index (χ2v) is 4.47. The number of hydrogen-bond donors (Lipinski definition) is 2. The van der Waals surface area contributed by atoms with Gasteiger partial charge in [-0.25, -0.2) is 0 Å². The van der Waals surface area contributed by atoms with Gasteiger partial charge in [-0.2, -0.15) is 0 Å². The van der Waals surface area contributed by atoms with Crippen LogP contribution in [0.2, 0.25) is 0 Å². The number of carbonyl (C=O) groups is 2. The summed E-state index contributed by atoms with van der Waals surface area (Å²) in [6, 6.07) is 7.67. The molecular weight excluding hydrogens is 230 g/mol. The molecule has 0 bridgehead atoms. The lowest BCUT2D eigenvalue weighted by molar-refractivity contribution is -0.122. The molecule has 0 unspecified atom stereocenters. The third-order valence-electron chi connectivity index (χ3n) is 3.36. The summed E-state index contributed by atoms with van der Waals surface area (Å²) < 4.78 is 0. The van der Waals surface area contributed by atoms with Gasteiger partial charge in [0.1, 0.15) is 0 Å². The Balaban J connectivity index is 1.96. The Morgan fingerprint density at radius 2 is 1.89 bits per heavy atom. The van der Waals surface area contributed by atoms with Gasteiger partial charge in [0.2, 0.25) is 12.3 Å². The van der Waals surface area contributed by atoms with E-state index in [1.54, 1.807) is 0 Å². The van der Waals surface area contributed by atoms with Crippen molar-refractivity contribution in [1.82, 2.24) is 0 Å². The summed E-state index contributed by atoms with van der Waals surface area (Å²) in [4.78, 5) is 23.6. The van der Waals surface area contributed by atoms with Gasteiger partial charge in [-0.15, -0.1) is 0 Å². The minimum atomic E-state index is -0.194. The fourth-order valence-electron chi connectivity index (χ4n) is 2.26. The predicted octanol–water partition coefficient (Wildman–Crippen LogP) is 0.957. The Morgan fingerprint density at radius 3 is 2.39 bits per heavy atom. The van der Waals surface area contributed by atoms with Crippen LogP contribution in [0.1, 0.15) is 12.8 Å². The smallest absolute Gasteiger partial charge is 0.220 e. The molecule has 2 rings (SSSR count). The van der Waals surface area contributed by atoms with E-state index in [1.807, 2.05) is 24.3 Å². The van der Waals surface area contributed by atoms with Crippen LogP contribution in [0.25, 0.3) is 0 Å². The highest BCUT2D eigenvalue weighted by atomic mass is 16.1. The molecule has 0 saturated carbocycles. The van der Waals surface area contributed by atoms with Crippen molar-refractivity contribution in [2.24, 2.45) is 11.7 Å². The van der Waals surface area contributed by atoms with Gasteiger partial charge in [0.25, 0.3) is 0 Å². The number of hydrogen-bond acceptors (Lipinski definition) is 3. The molecule has 0 atom stereocenters. The van der Waals surface area contributed by atoms with Crippen LogP contribution in [0.4, 0.5) is 11.4 Å². The molecule has 5 heteroatoms. The normalized spacial score (nSPS) is 16.3. The zero-order chi connectivity index (χ0) is 13.0. The number of primary amides is 1. The van der Waals surface area contributed by atoms with Crippen molar-refractivity contribution in [2.45, 2.75) is 12.8 Å². The van der Waals surface area contributed by atoms with E-state index in [2.05, 4.69) is 10.2 Å². The minimum absolute atomic E-state index is 0.0113. The second kappa shape index (κ2) is 5.53. The maximum absolute atomic E-state index is 11.1. The first-order valence-electron chi connectivity index (χ1n) is 6.05. The molecule has 1 aliphatic rings. The van der Waals surface area contributed by atoms with Crippen molar-refractivity contribution in [1.29, 1.82) is 0 Å². The van der Waals surface area contributed by atoms with Crippen LogP contribution in [0, 0.1) is 5.92 Å². The topological polar surface area (TPSA) is 75.4 Å². The molecule has 2 amide bonds. The molecule has 18 heavy (non-hydrogen) atoms. The maximum Gasteiger partial charge on any atom is 0.220 e. The standard InChI is InChI=1S/C13H17N3O2/c14-13(18)10-5-7-16(8-6-10)12-3-1-11(2-4-12)15-9-17/h1-4,9-10H,5-8H2,(H2,14,18)(H,15,17). The van der Waals surface area contributed by atoms with Crippen LogP contribution in [0.15, 0.2) is 24.3 Å². The fraction of sp³-hybridized carbons (Fsp3) is 0.385. The number of amides is 2. The highest BCUT2D eigenvalue weighted by molar-refractivity contribution is 5.77. The summed E-state index contributed by atoms with van der Waals surface area (Å²) in [5, 5.41) is 2.60. The van der Waals surface area contributed by atoms with Crippen molar-refractivity contribution < 1.29 is 9.59 Å². The van der Waals surface area contributed by atoms with E-state index in [0.717, 1.165) is 37.3 Å². The zero-order valence-corrected chi connectivity index (χ0v) is 10.1. The summed E-state index contributed by atoms with van der Waals surface area (Å²) in [5.74, 6) is -0.183. The number of benzene rings is 1. The number of carbonyl (C=O) groups excluding carboxylic acids is 2. The van der Waals surface area contributed by atoms with E-state index in [4.69, 9.17) is 5.73 Å². The molecule has 96 valence electrons. The lowest BCUT2D eigenvalue weighted by atomic mass is 9.96. The molecule has 0 radical (unpaired) electrons. The van der Waals surface area contributed by atoms with Crippen LogP contribution in [0.5, 0.6) is 0 Å². The molecule has 3 N–H and O–H groups in total. The van der Waals surface area contributed by atoms with Crippen molar-refractivity contribution in [3.8, 4) is 0 Å². The van der Waals surface area contributed by atoms with E-state index in [9.17, 15) is 9.59 Å². The number of rotatable bonds is 4. The van der Waals surface area contributed by atoms with Gasteiger partial charge in [-0.05, 0) is 37.1 Å². The van der Waals surface area contributed by atoms with Crippen LogP contribution in [-0.4, -0.2) is 25.4 Å². The molecule has 0 spiro atoms. The highest BCUT2D eigenvalue weighted by Gasteiger charge is 2.22. The summed E-state index contributed by atoms with van der Waals surface area (Å²) in [7, 11) is 0. The first-order valence-corrected chi connectivity index (χ1v) is 6.05. The molecule has 0 aliphatic carbocycles. The first kappa shape index (κ1) is 12.4. The van der Waals surface area contributed by atoms with Gasteiger partial charge in [-0.3, -0.25) is 9.59 Å². The van der Waals surface area contributed by atoms with Crippen LogP contribution in [-0.2, 0) is 9.59 Å². The van der Waals surface area contributed by atoms with Crippen LogP contribution >= 0.6 is 0 Å². The Kier molecular flexibility index (Phi) is 3.82. The number of nitrogens with zero attached hydrogens (tertiary/aromatic N) is 1. The molecule has 0 aromatic heterocycles. The first-order chi connectivity index (χ1) is 8.70. The monoisotopic (exact) mass is 247 g/mol. The third kappa shape index (κ3) is 2.80. The largest absolute Gasteiger partial charge is 0.371 e. The van der Waals surface area contributed by atoms with E-state index >= 15 is 0 Å². The number of anilines is 2. The Hall–Kier alpha value is -2.04. The quantitative estimate of drug-likeness (QED) is 0.778. The molecule has 1 aliphatic heterocycles. The van der Waals surface area contributed by atoms with Crippen molar-refractivity contribution in [3.05, 3.63) is 24.3 Å². The van der Waals surface area contributed by atoms with Crippen molar-refractivity contribution in [3.63, 3.8) is 0 Å². The second-order valence-electron chi connectivity index (χ2n) is 4.47. The third-order valence-corrected chi connectivity index (χ3v) is 3.36. The van der Waals surface area contributed by atoms with Gasteiger partial charge >= 0.3 is 0 Å². The predicted molar refractivity (Wildman–Crippen MR) is 70.3 cm³/mol. The lowest BCUT2D eigenvalue weighted by Gasteiger charge is -2.32. The summed E-state index contributed by atoms with van der Waals surface area (Å²) >= 11 is 0. The van der Waals surface area contributed by atoms with E-state index < -0.39 is 0 Å². The number of piperidine rings is 1. The van der Waals surface area contributed by atoms with E-state index in [0.29, 0.717) is 6.41 Å². The zero-order valence-electron chi connectivity index (χ0n) is 10.1. The van der Waals surface area contributed by atoms with E-state index in [-0.39, 0.29) is 11.8 Å². The number of nitrogens with two attached hydrogens (primary N) is 1. The van der Waals surface area contributed by atoms with E-state index in [1.165, 1.54) is 0 Å². The molecule has 1 heterocycles. The molecular formula is C13H17N3O2. The molecule has 1 aromatic carbocycles. The summed E-state index contributed by atoms with van der Waals surface area (Å²) in [6.07, 6.45) is 2.28. The molecule has 1 fully saturated rings. The van der Waals surface area contributed by atoms with Gasteiger partial charge in [0.05, 0.1) is 0 Å². The van der Waals surface area contributed by atoms with Gasteiger partial charge in [0.15, 0.2) is 0 Å². The highest BCUT2D eigenvalue weighted by Crippen LogP contribution is 2.24. The molecule has 1 saturated heterocycles. The average Bonchev–Trinajstić information content (AvgIpc) is 2.40. The van der Waals surface area contributed by atoms with Crippen molar-refractivity contribution in [2.75, 3.05) is 23.3 Å². The Morgan fingerprint density at radius 1 is 1.28 bits per heavy atom. The van der Waals surface area contributed by atoms with Gasteiger partial charge in [-0.1, -0.05) is 0 Å². The fourth-order valence-corrected chi connectivity index (χ4v) is 2.26. The van der Waals surface area contributed by atoms with Crippen LogP contribution in [0.3, 0.4) is 0 Å². The molecule has 1 aromatic rings. The van der Waals surface area contributed by atoms with Crippen molar-refractivity contribution >= 4 is 23.7 Å². The maximum atomic E-state index is 11.1. The van der Waals surface area contributed by atoms with Gasteiger partial charge < -0.3 is 16.0 Å². The lowest BCUT2D eigenvalue weighted by Crippen LogP contribution is -2.38. The van der Waals surface area contributed by atoms with Gasteiger partial charge in [0, 0.05) is 30.4 Å². The average molecular weight is 247 g/mol. The minimum Gasteiger partial charge on any atom is -0.371 e. The summed E-state index contributed by atoms with van der Waals surface area (Å²) in [6.45, 7) is 1.68. The Bertz CT molecular complexity index is 422. The SMILES string of the molecule is NC(=O)C1CCN(c2ccc(NC=O)cc2)CC1. The summed E-state index contributed by atoms with van der Waals surface area (Å²) in [5.41, 5.74) is 7.19. The number of nitrogens with one attached hydrogen (secondary N) is 1. The Labute approximate surface area is 106 Å².